The van der Waals surface area contributed by atoms with Crippen molar-refractivity contribution in [2.45, 2.75) is 19.3 Å². The summed E-state index contributed by atoms with van der Waals surface area (Å²) in [4.78, 5) is 0. The molecule has 0 unspecified atom stereocenters. The fourth-order valence-electron chi connectivity index (χ4n) is 2.54. The summed E-state index contributed by atoms with van der Waals surface area (Å²) in [6.07, 6.45) is 2.64. The molecule has 0 spiro atoms. The third kappa shape index (κ3) is 6.59. The quantitative estimate of drug-likeness (QED) is 0.305. The van der Waals surface area contributed by atoms with Gasteiger partial charge in [-0.1, -0.05) is 66.7 Å². The molecule has 0 heterocycles. The molecule has 0 aliphatic heterocycles. The third-order valence-corrected chi connectivity index (χ3v) is 5.24. The minimum absolute atomic E-state index is 0.295. The third-order valence-electron chi connectivity index (χ3n) is 3.87. The van der Waals surface area contributed by atoms with Crippen LogP contribution in [0.5, 0.6) is 11.5 Å². The number of para-hydroxylation sites is 2. The molecule has 0 saturated heterocycles. The molecule has 0 saturated carbocycles. The molecule has 3 aromatic rings. The summed E-state index contributed by atoms with van der Waals surface area (Å²) in [7, 11) is -3.78. The highest BCUT2D eigenvalue weighted by molar-refractivity contribution is 7.49. The van der Waals surface area contributed by atoms with Crippen molar-refractivity contribution in [2.24, 2.45) is 0 Å². The highest BCUT2D eigenvalue weighted by Gasteiger charge is 2.30. The standard InChI is InChI=1S/C22H23O4P/c23-27(25-21-15-6-2-7-16-21,26-22-17-8-3-9-18-22)24-19-11-10-14-20-12-4-1-5-13-20/h1-9,12-13,15-18H,10-11,14,19H2. The van der Waals surface area contributed by atoms with Crippen LogP contribution in [0.15, 0.2) is 91.0 Å². The second kappa shape index (κ2) is 9.96. The van der Waals surface area contributed by atoms with Crippen LogP contribution in [-0.2, 0) is 15.5 Å². The fourth-order valence-corrected chi connectivity index (χ4v) is 3.80. The molecule has 5 heteroatoms. The predicted molar refractivity (Wildman–Crippen MR) is 107 cm³/mol. The van der Waals surface area contributed by atoms with E-state index in [4.69, 9.17) is 13.6 Å². The van der Waals surface area contributed by atoms with Gasteiger partial charge in [-0.15, -0.1) is 0 Å². The molecule has 0 amide bonds. The minimum atomic E-state index is -3.78. The Bertz CT molecular complexity index is 792. The lowest BCUT2D eigenvalue weighted by molar-refractivity contribution is 0.206. The van der Waals surface area contributed by atoms with Gasteiger partial charge >= 0.3 is 7.82 Å². The molecule has 140 valence electrons. The van der Waals surface area contributed by atoms with Crippen molar-refractivity contribution < 1.29 is 18.1 Å². The molecule has 0 aromatic heterocycles. The highest BCUT2D eigenvalue weighted by Crippen LogP contribution is 2.49. The second-order valence-electron chi connectivity index (χ2n) is 6.03. The van der Waals surface area contributed by atoms with E-state index >= 15 is 0 Å². The highest BCUT2D eigenvalue weighted by atomic mass is 31.2. The lowest BCUT2D eigenvalue weighted by Gasteiger charge is -2.19. The van der Waals surface area contributed by atoms with Gasteiger partial charge < -0.3 is 9.05 Å². The maximum atomic E-state index is 13.1. The summed E-state index contributed by atoms with van der Waals surface area (Å²) in [6, 6.07) is 28.1. The van der Waals surface area contributed by atoms with Crippen molar-refractivity contribution in [1.29, 1.82) is 0 Å². The lowest BCUT2D eigenvalue weighted by atomic mass is 10.1. The SMILES string of the molecule is O=P(OCCCCc1ccccc1)(Oc1ccccc1)Oc1ccccc1. The van der Waals surface area contributed by atoms with E-state index in [0.717, 1.165) is 19.3 Å². The number of rotatable bonds is 10. The summed E-state index contributed by atoms with van der Waals surface area (Å²) in [5.41, 5.74) is 1.28. The van der Waals surface area contributed by atoms with Crippen LogP contribution < -0.4 is 9.05 Å². The number of hydrogen-bond donors (Lipinski definition) is 0. The molecule has 0 bridgehead atoms. The van der Waals surface area contributed by atoms with Gasteiger partial charge in [0.2, 0.25) is 0 Å². The van der Waals surface area contributed by atoms with E-state index in [1.165, 1.54) is 5.56 Å². The van der Waals surface area contributed by atoms with Crippen molar-refractivity contribution in [1.82, 2.24) is 0 Å². The topological polar surface area (TPSA) is 44.8 Å². The first-order valence-corrected chi connectivity index (χ1v) is 10.5. The van der Waals surface area contributed by atoms with Crippen molar-refractivity contribution >= 4 is 7.82 Å². The van der Waals surface area contributed by atoms with E-state index in [1.807, 2.05) is 54.6 Å². The number of hydrogen-bond acceptors (Lipinski definition) is 4. The van der Waals surface area contributed by atoms with Gasteiger partial charge in [0.1, 0.15) is 11.5 Å². The van der Waals surface area contributed by atoms with E-state index in [2.05, 4.69) is 12.1 Å². The van der Waals surface area contributed by atoms with Gasteiger partial charge in [-0.2, -0.15) is 0 Å². The monoisotopic (exact) mass is 382 g/mol. The molecule has 3 rings (SSSR count). The largest absolute Gasteiger partial charge is 0.587 e. The normalized spacial score (nSPS) is 11.1. The summed E-state index contributed by atoms with van der Waals surface area (Å²) >= 11 is 0. The first-order valence-electron chi connectivity index (χ1n) is 9.01. The van der Waals surface area contributed by atoms with Gasteiger partial charge in [-0.3, -0.25) is 4.52 Å². The van der Waals surface area contributed by atoms with Crippen LogP contribution in [0, 0.1) is 0 Å². The summed E-state index contributed by atoms with van der Waals surface area (Å²) in [5, 5.41) is 0. The smallest absolute Gasteiger partial charge is 0.395 e. The molecule has 0 aliphatic carbocycles. The van der Waals surface area contributed by atoms with Crippen LogP contribution in [0.2, 0.25) is 0 Å². The Balaban J connectivity index is 1.56. The number of aryl methyl sites for hydroxylation is 1. The van der Waals surface area contributed by atoms with Crippen LogP contribution in [0.4, 0.5) is 0 Å². The minimum Gasteiger partial charge on any atom is -0.395 e. The van der Waals surface area contributed by atoms with Crippen LogP contribution >= 0.6 is 7.82 Å². The van der Waals surface area contributed by atoms with Crippen molar-refractivity contribution in [3.63, 3.8) is 0 Å². The number of unbranched alkanes of at least 4 members (excludes halogenated alkanes) is 1. The zero-order chi connectivity index (χ0) is 18.8. The number of phosphoric acid groups is 1. The Kier molecular flexibility index (Phi) is 7.09. The lowest BCUT2D eigenvalue weighted by Crippen LogP contribution is -2.06. The Labute approximate surface area is 160 Å². The second-order valence-corrected chi connectivity index (χ2v) is 7.55. The van der Waals surface area contributed by atoms with E-state index in [9.17, 15) is 4.57 Å². The van der Waals surface area contributed by atoms with Crippen LogP contribution in [-0.4, -0.2) is 6.61 Å². The molecule has 3 aromatic carbocycles. The molecule has 0 radical (unpaired) electrons. The number of phosphoric ester groups is 1. The maximum absolute atomic E-state index is 13.1. The Hall–Kier alpha value is -2.55. The molecular formula is C22H23O4P. The Morgan fingerprint density at radius 3 is 1.63 bits per heavy atom. The molecule has 0 aliphatic rings. The van der Waals surface area contributed by atoms with E-state index in [-0.39, 0.29) is 0 Å². The summed E-state index contributed by atoms with van der Waals surface area (Å²) in [6.45, 7) is 0.295. The van der Waals surface area contributed by atoms with E-state index < -0.39 is 7.82 Å². The maximum Gasteiger partial charge on any atom is 0.587 e. The Morgan fingerprint density at radius 1 is 0.630 bits per heavy atom. The molecular weight excluding hydrogens is 359 g/mol. The first kappa shape index (κ1) is 19.2. The zero-order valence-corrected chi connectivity index (χ0v) is 16.0. The van der Waals surface area contributed by atoms with Crippen LogP contribution in [0.3, 0.4) is 0 Å². The van der Waals surface area contributed by atoms with Crippen molar-refractivity contribution in [3.05, 3.63) is 96.6 Å². The fraction of sp³-hybridized carbons (Fsp3) is 0.182. The number of benzene rings is 3. The van der Waals surface area contributed by atoms with Crippen molar-refractivity contribution in [3.8, 4) is 11.5 Å². The zero-order valence-electron chi connectivity index (χ0n) is 15.1. The summed E-state index contributed by atoms with van der Waals surface area (Å²) in [5.74, 6) is 0.891. The molecule has 4 nitrogen and oxygen atoms in total. The van der Waals surface area contributed by atoms with E-state index in [1.54, 1.807) is 24.3 Å². The first-order chi connectivity index (χ1) is 13.2. The van der Waals surface area contributed by atoms with Gasteiger partial charge in [0.05, 0.1) is 6.61 Å². The Morgan fingerprint density at radius 2 is 1.11 bits per heavy atom. The molecule has 0 atom stereocenters. The van der Waals surface area contributed by atoms with Gasteiger partial charge in [-0.05, 0) is 49.1 Å². The van der Waals surface area contributed by atoms with E-state index in [0.29, 0.717) is 18.1 Å². The van der Waals surface area contributed by atoms with Crippen LogP contribution in [0.25, 0.3) is 0 Å². The molecule has 0 fully saturated rings. The molecule has 27 heavy (non-hydrogen) atoms. The van der Waals surface area contributed by atoms with Gasteiger partial charge in [0, 0.05) is 0 Å². The van der Waals surface area contributed by atoms with Gasteiger partial charge in [0.25, 0.3) is 0 Å². The average Bonchev–Trinajstić information content (AvgIpc) is 2.70. The molecule has 0 N–H and O–H groups in total. The van der Waals surface area contributed by atoms with Gasteiger partial charge in [0.15, 0.2) is 0 Å². The predicted octanol–water partition coefficient (Wildman–Crippen LogP) is 6.29. The summed E-state index contributed by atoms with van der Waals surface area (Å²) < 4.78 is 29.9. The average molecular weight is 382 g/mol. The van der Waals surface area contributed by atoms with Crippen molar-refractivity contribution in [2.75, 3.05) is 6.61 Å². The van der Waals surface area contributed by atoms with Gasteiger partial charge in [-0.25, -0.2) is 4.57 Å². The van der Waals surface area contributed by atoms with Crippen LogP contribution in [0.1, 0.15) is 18.4 Å².